The Labute approximate surface area is 102 Å². The van der Waals surface area contributed by atoms with E-state index in [-0.39, 0.29) is 24.8 Å². The fourth-order valence-corrected chi connectivity index (χ4v) is 1.47. The van der Waals surface area contributed by atoms with Crippen molar-refractivity contribution in [1.82, 2.24) is 14.7 Å². The summed E-state index contributed by atoms with van der Waals surface area (Å²) in [7, 11) is 1.93. The first-order chi connectivity index (χ1) is 6.31. The number of aromatic nitrogens is 2. The highest BCUT2D eigenvalue weighted by atomic mass is 35.5. The van der Waals surface area contributed by atoms with Crippen LogP contribution in [0.1, 0.15) is 11.3 Å². The SMILES string of the molecule is CNCc1cn2cccc(C)c2n1.Cl.Cl. The highest BCUT2D eigenvalue weighted by molar-refractivity contribution is 5.85. The Balaban J connectivity index is 0.000000980. The maximum Gasteiger partial charge on any atom is 0.139 e. The van der Waals surface area contributed by atoms with E-state index in [1.165, 1.54) is 5.56 Å². The molecule has 0 aliphatic heterocycles. The van der Waals surface area contributed by atoms with Crippen molar-refractivity contribution in [2.75, 3.05) is 7.05 Å². The summed E-state index contributed by atoms with van der Waals surface area (Å²) < 4.78 is 2.06. The second kappa shape index (κ2) is 5.95. The highest BCUT2D eigenvalue weighted by Crippen LogP contribution is 2.09. The molecule has 0 aliphatic rings. The topological polar surface area (TPSA) is 29.3 Å². The lowest BCUT2D eigenvalue weighted by molar-refractivity contribution is 0.798. The number of fused-ring (bicyclic) bond motifs is 1. The molecular weight excluding hydrogens is 233 g/mol. The van der Waals surface area contributed by atoms with Gasteiger partial charge in [-0.1, -0.05) is 6.07 Å². The van der Waals surface area contributed by atoms with Crippen LogP contribution in [-0.2, 0) is 6.54 Å². The van der Waals surface area contributed by atoms with E-state index in [2.05, 4.69) is 33.9 Å². The number of hydrogen-bond acceptors (Lipinski definition) is 2. The molecule has 0 spiro atoms. The van der Waals surface area contributed by atoms with Crippen LogP contribution in [0.3, 0.4) is 0 Å². The van der Waals surface area contributed by atoms with Crippen LogP contribution in [0.4, 0.5) is 0 Å². The van der Waals surface area contributed by atoms with Gasteiger partial charge in [0.25, 0.3) is 0 Å². The smallest absolute Gasteiger partial charge is 0.139 e. The van der Waals surface area contributed by atoms with Crippen LogP contribution in [0.25, 0.3) is 5.65 Å². The molecule has 2 rings (SSSR count). The maximum absolute atomic E-state index is 4.50. The lowest BCUT2D eigenvalue weighted by atomic mass is 10.3. The van der Waals surface area contributed by atoms with Crippen molar-refractivity contribution in [1.29, 1.82) is 0 Å². The van der Waals surface area contributed by atoms with Gasteiger partial charge < -0.3 is 9.72 Å². The van der Waals surface area contributed by atoms with E-state index in [1.54, 1.807) is 0 Å². The normalized spacial score (nSPS) is 9.47. The molecule has 3 nitrogen and oxygen atoms in total. The zero-order valence-electron chi connectivity index (χ0n) is 8.73. The summed E-state index contributed by atoms with van der Waals surface area (Å²) in [4.78, 5) is 4.50. The molecule has 0 fully saturated rings. The second-order valence-corrected chi connectivity index (χ2v) is 3.18. The molecule has 0 amide bonds. The van der Waals surface area contributed by atoms with Crippen molar-refractivity contribution in [2.45, 2.75) is 13.5 Å². The van der Waals surface area contributed by atoms with Gasteiger partial charge in [-0.15, -0.1) is 24.8 Å². The third-order valence-corrected chi connectivity index (χ3v) is 2.09. The molecule has 0 bridgehead atoms. The van der Waals surface area contributed by atoms with Crippen molar-refractivity contribution < 1.29 is 0 Å². The van der Waals surface area contributed by atoms with Gasteiger partial charge in [-0.05, 0) is 25.6 Å². The lowest BCUT2D eigenvalue weighted by Crippen LogP contribution is -2.04. The van der Waals surface area contributed by atoms with Gasteiger partial charge in [0.1, 0.15) is 5.65 Å². The molecule has 0 aromatic carbocycles. The fourth-order valence-electron chi connectivity index (χ4n) is 1.47. The number of imidazole rings is 1. The van der Waals surface area contributed by atoms with E-state index in [4.69, 9.17) is 0 Å². The Morgan fingerprint density at radius 1 is 1.40 bits per heavy atom. The Morgan fingerprint density at radius 3 is 2.73 bits per heavy atom. The van der Waals surface area contributed by atoms with Gasteiger partial charge >= 0.3 is 0 Å². The second-order valence-electron chi connectivity index (χ2n) is 3.18. The molecule has 0 saturated carbocycles. The predicted octanol–water partition coefficient (Wildman–Crippen LogP) is 2.21. The molecule has 0 radical (unpaired) electrons. The summed E-state index contributed by atoms with van der Waals surface area (Å²) in [5, 5.41) is 3.09. The fraction of sp³-hybridized carbons (Fsp3) is 0.300. The number of nitrogens with one attached hydrogen (secondary N) is 1. The Kier molecular flexibility index (Phi) is 5.65. The van der Waals surface area contributed by atoms with E-state index in [0.717, 1.165) is 17.9 Å². The summed E-state index contributed by atoms with van der Waals surface area (Å²) in [5.74, 6) is 0. The number of rotatable bonds is 2. The van der Waals surface area contributed by atoms with Gasteiger partial charge in [-0.3, -0.25) is 0 Å². The first-order valence-electron chi connectivity index (χ1n) is 4.39. The van der Waals surface area contributed by atoms with Gasteiger partial charge in [0.05, 0.1) is 5.69 Å². The van der Waals surface area contributed by atoms with Crippen LogP contribution in [-0.4, -0.2) is 16.4 Å². The predicted molar refractivity (Wildman–Crippen MR) is 67.2 cm³/mol. The number of hydrogen-bond donors (Lipinski definition) is 1. The zero-order valence-corrected chi connectivity index (χ0v) is 10.4. The van der Waals surface area contributed by atoms with E-state index in [0.29, 0.717) is 0 Å². The molecule has 0 unspecified atom stereocenters. The van der Waals surface area contributed by atoms with Crippen molar-refractivity contribution in [3.05, 3.63) is 35.8 Å². The molecule has 1 N–H and O–H groups in total. The van der Waals surface area contributed by atoms with Crippen LogP contribution in [0.15, 0.2) is 24.5 Å². The Morgan fingerprint density at radius 2 is 2.13 bits per heavy atom. The largest absolute Gasteiger partial charge is 0.314 e. The van der Waals surface area contributed by atoms with Crippen molar-refractivity contribution in [3.63, 3.8) is 0 Å². The summed E-state index contributed by atoms with van der Waals surface area (Å²) in [6.07, 6.45) is 4.08. The van der Waals surface area contributed by atoms with E-state index < -0.39 is 0 Å². The van der Waals surface area contributed by atoms with Gasteiger partial charge in [-0.25, -0.2) is 4.98 Å². The third-order valence-electron chi connectivity index (χ3n) is 2.09. The first kappa shape index (κ1) is 14.2. The molecule has 0 saturated heterocycles. The molecule has 84 valence electrons. The minimum absolute atomic E-state index is 0. The molecule has 5 heteroatoms. The van der Waals surface area contributed by atoms with Gasteiger partial charge in [0, 0.05) is 18.9 Å². The molecule has 0 atom stereocenters. The van der Waals surface area contributed by atoms with E-state index in [1.807, 2.05) is 19.3 Å². The average Bonchev–Trinajstić information content (AvgIpc) is 2.49. The summed E-state index contributed by atoms with van der Waals surface area (Å²) in [6.45, 7) is 2.90. The highest BCUT2D eigenvalue weighted by Gasteiger charge is 2.01. The monoisotopic (exact) mass is 247 g/mol. The first-order valence-corrected chi connectivity index (χ1v) is 4.39. The molecule has 15 heavy (non-hydrogen) atoms. The van der Waals surface area contributed by atoms with Crippen LogP contribution < -0.4 is 5.32 Å². The van der Waals surface area contributed by atoms with Crippen molar-refractivity contribution in [2.24, 2.45) is 0 Å². The number of pyridine rings is 1. The van der Waals surface area contributed by atoms with Gasteiger partial charge in [-0.2, -0.15) is 0 Å². The Bertz CT molecular complexity index is 426. The molecule has 2 aromatic heterocycles. The lowest BCUT2D eigenvalue weighted by Gasteiger charge is -1.94. The third kappa shape index (κ3) is 2.84. The van der Waals surface area contributed by atoms with Crippen LogP contribution >= 0.6 is 24.8 Å². The Hall–Kier alpha value is -0.770. The molecule has 2 heterocycles. The quantitative estimate of drug-likeness (QED) is 0.882. The minimum atomic E-state index is 0. The number of halogens is 2. The maximum atomic E-state index is 4.50. The summed E-state index contributed by atoms with van der Waals surface area (Å²) >= 11 is 0. The van der Waals surface area contributed by atoms with Crippen LogP contribution in [0, 0.1) is 6.92 Å². The minimum Gasteiger partial charge on any atom is -0.314 e. The summed E-state index contributed by atoms with van der Waals surface area (Å²) in [5.41, 5.74) is 3.34. The zero-order chi connectivity index (χ0) is 9.26. The number of aryl methyl sites for hydroxylation is 1. The van der Waals surface area contributed by atoms with Gasteiger partial charge in [0.2, 0.25) is 0 Å². The van der Waals surface area contributed by atoms with Crippen LogP contribution in [0.5, 0.6) is 0 Å². The molecule has 0 aliphatic carbocycles. The molecular formula is C10H15Cl2N3. The standard InChI is InChI=1S/C10H13N3.2ClH/c1-8-4-3-5-13-7-9(6-11-2)12-10(8)13;;/h3-5,7,11H,6H2,1-2H3;2*1H. The summed E-state index contributed by atoms with van der Waals surface area (Å²) in [6, 6.07) is 4.11. The molecule has 2 aromatic rings. The average molecular weight is 248 g/mol. The van der Waals surface area contributed by atoms with Gasteiger partial charge in [0.15, 0.2) is 0 Å². The van der Waals surface area contributed by atoms with Crippen LogP contribution in [0.2, 0.25) is 0 Å². The van der Waals surface area contributed by atoms with Crippen molar-refractivity contribution >= 4 is 30.5 Å². The van der Waals surface area contributed by atoms with E-state index >= 15 is 0 Å². The van der Waals surface area contributed by atoms with Crippen molar-refractivity contribution in [3.8, 4) is 0 Å². The van der Waals surface area contributed by atoms with E-state index in [9.17, 15) is 0 Å². The number of nitrogens with zero attached hydrogens (tertiary/aromatic N) is 2.